The predicted molar refractivity (Wildman–Crippen MR) is 124 cm³/mol. The molecule has 5 rings (SSSR count). The minimum atomic E-state index is -5.00. The van der Waals surface area contributed by atoms with Crippen LogP contribution in [0.2, 0.25) is 0 Å². The van der Waals surface area contributed by atoms with Gasteiger partial charge in [0.1, 0.15) is 0 Å². The number of halogens is 3. The molecule has 1 atom stereocenters. The van der Waals surface area contributed by atoms with Crippen molar-refractivity contribution in [2.75, 3.05) is 6.61 Å². The van der Waals surface area contributed by atoms with Gasteiger partial charge >= 0.3 is 6.18 Å². The zero-order valence-electron chi connectivity index (χ0n) is 18.3. The molecule has 0 bridgehead atoms. The molecule has 0 spiro atoms. The van der Waals surface area contributed by atoms with Crippen molar-refractivity contribution < 1.29 is 23.4 Å². The monoisotopic (exact) mass is 465 g/mol. The summed E-state index contributed by atoms with van der Waals surface area (Å²) in [5.74, 6) is 0. The van der Waals surface area contributed by atoms with Crippen LogP contribution < -0.4 is 0 Å². The van der Waals surface area contributed by atoms with E-state index in [0.29, 0.717) is 16.4 Å². The molecule has 2 N–H and O–H groups in total. The fraction of sp³-hybridized carbons (Fsp3) is 0.192. The first-order valence-electron chi connectivity index (χ1n) is 10.8. The lowest BCUT2D eigenvalue weighted by molar-refractivity contribution is -0.247. The van der Waals surface area contributed by atoms with E-state index in [1.807, 2.05) is 31.2 Å². The number of aliphatic hydroxyl groups is 2. The molecule has 1 unspecified atom stereocenters. The van der Waals surface area contributed by atoms with Crippen molar-refractivity contribution in [2.24, 2.45) is 0 Å². The molecule has 2 heterocycles. The molecular weight excluding hydrogens is 443 g/mol. The molecule has 5 nitrogen and oxygen atoms in total. The maximum absolute atomic E-state index is 14.6. The maximum atomic E-state index is 14.6. The van der Waals surface area contributed by atoms with Crippen LogP contribution in [0.25, 0.3) is 27.5 Å². The van der Waals surface area contributed by atoms with Crippen LogP contribution in [0, 0.1) is 6.92 Å². The highest BCUT2D eigenvalue weighted by Crippen LogP contribution is 2.47. The van der Waals surface area contributed by atoms with Gasteiger partial charge in [0.05, 0.1) is 24.0 Å². The number of fused-ring (bicyclic) bond motifs is 2. The molecule has 0 saturated carbocycles. The van der Waals surface area contributed by atoms with Gasteiger partial charge < -0.3 is 14.8 Å². The van der Waals surface area contributed by atoms with E-state index in [1.165, 1.54) is 29.1 Å². The van der Waals surface area contributed by atoms with E-state index in [9.17, 15) is 23.4 Å². The molecule has 0 fully saturated rings. The van der Waals surface area contributed by atoms with E-state index < -0.39 is 11.8 Å². The third-order valence-electron chi connectivity index (χ3n) is 6.19. The minimum absolute atomic E-state index is 0.108. The van der Waals surface area contributed by atoms with Gasteiger partial charge in [0.25, 0.3) is 0 Å². The number of alkyl halides is 3. The number of rotatable bonds is 5. The maximum Gasteiger partial charge on any atom is 0.425 e. The van der Waals surface area contributed by atoms with Crippen LogP contribution in [-0.4, -0.2) is 37.3 Å². The first-order valence-corrected chi connectivity index (χ1v) is 10.8. The highest BCUT2D eigenvalue weighted by atomic mass is 19.4. The Morgan fingerprint density at radius 3 is 2.38 bits per heavy atom. The van der Waals surface area contributed by atoms with Crippen LogP contribution in [0.1, 0.15) is 16.7 Å². The number of hydrogen-bond donors (Lipinski definition) is 2. The van der Waals surface area contributed by atoms with Crippen LogP contribution in [-0.2, 0) is 12.1 Å². The number of hydrogen-bond acceptors (Lipinski definition) is 3. The average molecular weight is 465 g/mol. The summed E-state index contributed by atoms with van der Waals surface area (Å²) in [6.07, 6.45) is -2.24. The van der Waals surface area contributed by atoms with Gasteiger partial charge in [-0.1, -0.05) is 42.0 Å². The van der Waals surface area contributed by atoms with Crippen molar-refractivity contribution in [3.05, 3.63) is 95.8 Å². The van der Waals surface area contributed by atoms with Crippen LogP contribution in [0.3, 0.4) is 0 Å². The van der Waals surface area contributed by atoms with Crippen LogP contribution in [0.4, 0.5) is 13.2 Å². The van der Waals surface area contributed by atoms with Gasteiger partial charge in [-0.25, -0.2) is 4.68 Å². The molecule has 0 aliphatic carbocycles. The van der Waals surface area contributed by atoms with E-state index in [1.54, 1.807) is 35.0 Å². The highest BCUT2D eigenvalue weighted by molar-refractivity contribution is 5.87. The molecular formula is C26H22F3N3O2. The first kappa shape index (κ1) is 22.2. The average Bonchev–Trinajstić information content (AvgIpc) is 3.40. The van der Waals surface area contributed by atoms with E-state index in [2.05, 4.69) is 5.10 Å². The van der Waals surface area contributed by atoms with Gasteiger partial charge in [0.2, 0.25) is 5.60 Å². The van der Waals surface area contributed by atoms with Gasteiger partial charge in [-0.15, -0.1) is 0 Å². The third kappa shape index (κ3) is 3.38. The van der Waals surface area contributed by atoms with Gasteiger partial charge in [-0.3, -0.25) is 0 Å². The van der Waals surface area contributed by atoms with Crippen molar-refractivity contribution in [1.29, 1.82) is 0 Å². The van der Waals surface area contributed by atoms with Crippen molar-refractivity contribution in [3.8, 4) is 5.69 Å². The Morgan fingerprint density at radius 1 is 0.941 bits per heavy atom. The number of aryl methyl sites for hydroxylation is 1. The smallest absolute Gasteiger partial charge is 0.395 e. The van der Waals surface area contributed by atoms with Crippen molar-refractivity contribution in [1.82, 2.24) is 14.3 Å². The molecule has 0 saturated heterocycles. The van der Waals surface area contributed by atoms with Crippen molar-refractivity contribution in [3.63, 3.8) is 0 Å². The molecule has 0 aliphatic heterocycles. The molecule has 0 radical (unpaired) electrons. The number of benzene rings is 3. The fourth-order valence-corrected chi connectivity index (χ4v) is 4.45. The molecule has 5 aromatic rings. The summed E-state index contributed by atoms with van der Waals surface area (Å²) in [5.41, 5.74) is -0.850. The first-order chi connectivity index (χ1) is 16.2. The lowest BCUT2D eigenvalue weighted by Gasteiger charge is -2.31. The Labute approximate surface area is 193 Å². The summed E-state index contributed by atoms with van der Waals surface area (Å²) >= 11 is 0. The fourth-order valence-electron chi connectivity index (χ4n) is 4.45. The predicted octanol–water partition coefficient (Wildman–Crippen LogP) is 5.08. The number of aliphatic hydroxyl groups excluding tert-OH is 1. The Balaban J connectivity index is 1.70. The van der Waals surface area contributed by atoms with Gasteiger partial charge in [-0.2, -0.15) is 18.3 Å². The Bertz CT molecular complexity index is 1490. The summed E-state index contributed by atoms with van der Waals surface area (Å²) in [4.78, 5) is 0. The second-order valence-corrected chi connectivity index (χ2v) is 8.35. The normalized spacial score (nSPS) is 14.1. The number of para-hydroxylation sites is 1. The standard InChI is InChI=1S/C26H22F3N3O2/c1-17-6-9-20(10-7-17)32-23-11-8-19(14-18(23)15-30-32)25(34,26(27,28)29)22-16-31(12-13-33)24-5-3-2-4-21(22)24/h2-11,14-16,33-34H,12-13H2,1H3. The Morgan fingerprint density at radius 2 is 1.68 bits per heavy atom. The lowest BCUT2D eigenvalue weighted by atomic mass is 9.85. The molecule has 174 valence electrons. The zero-order chi connectivity index (χ0) is 24.1. The van der Waals surface area contributed by atoms with Crippen LogP contribution in [0.15, 0.2) is 79.1 Å². The van der Waals surface area contributed by atoms with E-state index in [4.69, 9.17) is 0 Å². The summed E-state index contributed by atoms with van der Waals surface area (Å²) in [5, 5.41) is 25.8. The second-order valence-electron chi connectivity index (χ2n) is 8.35. The van der Waals surface area contributed by atoms with Gasteiger partial charge in [0.15, 0.2) is 0 Å². The molecule has 0 aliphatic rings. The van der Waals surface area contributed by atoms with Gasteiger partial charge in [-0.05, 0) is 42.8 Å². The van der Waals surface area contributed by atoms with Crippen molar-refractivity contribution >= 4 is 21.8 Å². The number of nitrogens with zero attached hydrogens (tertiary/aromatic N) is 3. The van der Waals surface area contributed by atoms with Crippen molar-refractivity contribution in [2.45, 2.75) is 25.2 Å². The molecule has 3 aromatic carbocycles. The third-order valence-corrected chi connectivity index (χ3v) is 6.19. The summed E-state index contributed by atoms with van der Waals surface area (Å²) in [6.45, 7) is 1.83. The lowest BCUT2D eigenvalue weighted by Crippen LogP contribution is -2.43. The Hall–Kier alpha value is -3.62. The van der Waals surface area contributed by atoms with E-state index in [-0.39, 0.29) is 29.7 Å². The summed E-state index contributed by atoms with van der Waals surface area (Å²) < 4.78 is 46.9. The highest BCUT2D eigenvalue weighted by Gasteiger charge is 2.57. The van der Waals surface area contributed by atoms with Crippen LogP contribution >= 0.6 is 0 Å². The number of aromatic nitrogens is 3. The molecule has 34 heavy (non-hydrogen) atoms. The molecule has 0 amide bonds. The van der Waals surface area contributed by atoms with Crippen LogP contribution in [0.5, 0.6) is 0 Å². The molecule has 2 aromatic heterocycles. The second kappa shape index (κ2) is 8.00. The summed E-state index contributed by atoms with van der Waals surface area (Å²) in [6, 6.07) is 18.3. The van der Waals surface area contributed by atoms with E-state index >= 15 is 0 Å². The minimum Gasteiger partial charge on any atom is -0.395 e. The Kier molecular flexibility index (Phi) is 5.22. The van der Waals surface area contributed by atoms with E-state index in [0.717, 1.165) is 11.3 Å². The SMILES string of the molecule is Cc1ccc(-n2ncc3cc(C(O)(c4cn(CCO)c5ccccc45)C(F)(F)F)ccc32)cc1. The largest absolute Gasteiger partial charge is 0.425 e. The summed E-state index contributed by atoms with van der Waals surface area (Å²) in [7, 11) is 0. The quantitative estimate of drug-likeness (QED) is 0.381. The topological polar surface area (TPSA) is 63.2 Å². The van der Waals surface area contributed by atoms with Gasteiger partial charge in [0, 0.05) is 34.6 Å². The molecule has 8 heteroatoms. The zero-order valence-corrected chi connectivity index (χ0v) is 18.3.